The van der Waals surface area contributed by atoms with Crippen LogP contribution in [0.5, 0.6) is 0 Å². The Morgan fingerprint density at radius 3 is 2.77 bits per heavy atom. The Kier molecular flexibility index (Phi) is 3.61. The van der Waals surface area contributed by atoms with Gasteiger partial charge in [-0.2, -0.15) is 0 Å². The van der Waals surface area contributed by atoms with Crippen molar-refractivity contribution in [1.82, 2.24) is 10.3 Å². The van der Waals surface area contributed by atoms with Gasteiger partial charge in [0.25, 0.3) is 0 Å². The lowest BCUT2D eigenvalue weighted by Gasteiger charge is -1.87. The van der Waals surface area contributed by atoms with Gasteiger partial charge in [-0.25, -0.2) is 9.61 Å². The molecule has 13 heavy (non-hydrogen) atoms. The molecule has 0 saturated heterocycles. The maximum Gasteiger partial charge on any atom is 0.201 e. The van der Waals surface area contributed by atoms with Crippen LogP contribution < -0.4 is 29.0 Å². The molecule has 2 heterocycles. The molecular weight excluding hydrogens is 304 g/mol. The summed E-state index contributed by atoms with van der Waals surface area (Å²) in [6.45, 7) is 0. The molecule has 0 aliphatic heterocycles. The summed E-state index contributed by atoms with van der Waals surface area (Å²) in [7, 11) is 0. The highest BCUT2D eigenvalue weighted by molar-refractivity contribution is 6.31. The molecule has 0 saturated carbocycles. The Morgan fingerprint density at radius 2 is 2.23 bits per heavy atom. The van der Waals surface area contributed by atoms with Crippen LogP contribution in [-0.2, 0) is 0 Å². The lowest BCUT2D eigenvalue weighted by atomic mass is 10.2. The predicted octanol–water partition coefficient (Wildman–Crippen LogP) is -1.79. The molecule has 0 amide bonds. The van der Waals surface area contributed by atoms with E-state index in [-0.39, 0.29) is 29.1 Å². The summed E-state index contributed by atoms with van der Waals surface area (Å²) in [6.07, 6.45) is 3.57. The molecule has 4 nitrogen and oxygen atoms in total. The standard InChI is InChI=1S/C7H4ClN3O.HI/c8-7-6(10-12-11-7)5-2-1-3-9-4-5;/h1-4H;1H. The van der Waals surface area contributed by atoms with Crippen LogP contribution in [0.1, 0.15) is 0 Å². The Hall–Kier alpha value is -0.690. The lowest BCUT2D eigenvalue weighted by Crippen LogP contribution is -3.00. The molecule has 0 aliphatic carbocycles. The summed E-state index contributed by atoms with van der Waals surface area (Å²) in [5.74, 6) is 0. The smallest absolute Gasteiger partial charge is 0.201 e. The van der Waals surface area contributed by atoms with E-state index in [1.165, 1.54) is 0 Å². The second-order valence-corrected chi connectivity index (χ2v) is 2.55. The summed E-state index contributed by atoms with van der Waals surface area (Å²) >= 11 is 5.69. The van der Waals surface area contributed by atoms with E-state index >= 15 is 0 Å². The van der Waals surface area contributed by atoms with Crippen LogP contribution in [0.15, 0.2) is 29.2 Å². The first-order valence-electron chi connectivity index (χ1n) is 3.32. The summed E-state index contributed by atoms with van der Waals surface area (Å²) in [6, 6.07) is 3.71. The van der Waals surface area contributed by atoms with Crippen LogP contribution >= 0.6 is 11.6 Å². The van der Waals surface area contributed by atoms with Gasteiger partial charge in [-0.3, -0.25) is 0 Å². The molecule has 0 radical (unpaired) electrons. The first-order valence-corrected chi connectivity index (χ1v) is 3.70. The van der Waals surface area contributed by atoms with E-state index in [1.54, 1.807) is 12.4 Å². The van der Waals surface area contributed by atoms with Gasteiger partial charge in [-0.1, -0.05) is 11.6 Å². The van der Waals surface area contributed by atoms with Crippen molar-refractivity contribution in [2.24, 2.45) is 0 Å². The fraction of sp³-hybridized carbons (Fsp3) is 0. The minimum absolute atomic E-state index is 0. The average molecular weight is 309 g/mol. The molecule has 6 heteroatoms. The van der Waals surface area contributed by atoms with Crippen LogP contribution in [0.2, 0.25) is 5.15 Å². The van der Waals surface area contributed by atoms with Crippen molar-refractivity contribution in [2.45, 2.75) is 0 Å². The van der Waals surface area contributed by atoms with Crippen molar-refractivity contribution in [1.29, 1.82) is 0 Å². The lowest BCUT2D eigenvalue weighted by molar-refractivity contribution is -0.377. The average Bonchev–Trinajstić information content (AvgIpc) is 2.53. The van der Waals surface area contributed by atoms with Crippen molar-refractivity contribution >= 4 is 11.6 Å². The number of hydrogen-bond donors (Lipinski definition) is 0. The topological polar surface area (TPSA) is 53.1 Å². The second kappa shape index (κ2) is 4.52. The highest BCUT2D eigenvalue weighted by Gasteiger charge is 2.10. The Morgan fingerprint density at radius 1 is 1.38 bits per heavy atom. The number of aromatic nitrogens is 3. The molecule has 0 bridgehead atoms. The van der Waals surface area contributed by atoms with E-state index in [4.69, 9.17) is 11.6 Å². The van der Waals surface area contributed by atoms with Gasteiger partial charge in [0, 0.05) is 6.07 Å². The second-order valence-electron chi connectivity index (χ2n) is 2.20. The van der Waals surface area contributed by atoms with Crippen LogP contribution in [0.4, 0.5) is 0 Å². The molecule has 68 valence electrons. The third-order valence-corrected chi connectivity index (χ3v) is 1.68. The number of hydrogen-bond acceptors (Lipinski definition) is 3. The number of H-pyrrole nitrogens is 1. The fourth-order valence-electron chi connectivity index (χ4n) is 0.890. The zero-order valence-corrected chi connectivity index (χ0v) is 9.28. The summed E-state index contributed by atoms with van der Waals surface area (Å²) in [5.41, 5.74) is 1.40. The third-order valence-electron chi connectivity index (χ3n) is 1.43. The summed E-state index contributed by atoms with van der Waals surface area (Å²) < 4.78 is 4.45. The maximum atomic E-state index is 5.69. The maximum absolute atomic E-state index is 5.69. The zero-order valence-electron chi connectivity index (χ0n) is 6.37. The van der Waals surface area contributed by atoms with Crippen molar-refractivity contribution in [3.8, 4) is 11.3 Å². The molecule has 2 aromatic heterocycles. The molecule has 2 aromatic rings. The first-order chi connectivity index (χ1) is 5.88. The Balaban J connectivity index is 0.000000845. The number of halogens is 2. The molecule has 0 fully saturated rings. The van der Waals surface area contributed by atoms with E-state index in [2.05, 4.69) is 19.9 Å². The van der Waals surface area contributed by atoms with E-state index in [9.17, 15) is 0 Å². The monoisotopic (exact) mass is 309 g/mol. The van der Waals surface area contributed by atoms with Gasteiger partial charge in [-0.15, -0.1) is 0 Å². The molecule has 0 unspecified atom stereocenters. The predicted molar refractivity (Wildman–Crippen MR) is 41.3 cm³/mol. The van der Waals surface area contributed by atoms with E-state index in [0.29, 0.717) is 5.69 Å². The van der Waals surface area contributed by atoms with Crippen LogP contribution in [0.25, 0.3) is 11.3 Å². The normalized spacial score (nSPS) is 9.31. The minimum atomic E-state index is 0. The van der Waals surface area contributed by atoms with Gasteiger partial charge in [0.1, 0.15) is 0 Å². The van der Waals surface area contributed by atoms with Gasteiger partial charge >= 0.3 is 0 Å². The van der Waals surface area contributed by atoms with Crippen molar-refractivity contribution in [2.75, 3.05) is 0 Å². The quantitative estimate of drug-likeness (QED) is 0.585. The van der Waals surface area contributed by atoms with Gasteiger partial charge in [0.05, 0.1) is 5.56 Å². The Labute approximate surface area is 96.3 Å². The SMILES string of the molecule is Clc1nonc1-c1ccc[nH+]c1.[I-]. The fourth-order valence-corrected chi connectivity index (χ4v) is 1.06. The zero-order chi connectivity index (χ0) is 8.39. The van der Waals surface area contributed by atoms with Gasteiger partial charge in [0.2, 0.25) is 5.15 Å². The van der Waals surface area contributed by atoms with Gasteiger partial charge < -0.3 is 24.0 Å². The van der Waals surface area contributed by atoms with Crippen LogP contribution in [0.3, 0.4) is 0 Å². The van der Waals surface area contributed by atoms with E-state index in [1.807, 2.05) is 12.1 Å². The number of rotatable bonds is 1. The number of pyridine rings is 1. The highest BCUT2D eigenvalue weighted by Crippen LogP contribution is 2.21. The van der Waals surface area contributed by atoms with Crippen molar-refractivity contribution < 1.29 is 33.6 Å². The number of nitrogens with zero attached hydrogens (tertiary/aromatic N) is 2. The summed E-state index contributed by atoms with van der Waals surface area (Å²) in [5, 5.41) is 7.38. The van der Waals surface area contributed by atoms with Crippen molar-refractivity contribution in [3.05, 3.63) is 29.7 Å². The third kappa shape index (κ3) is 2.16. The largest absolute Gasteiger partial charge is 1.00 e. The molecule has 0 atom stereocenters. The molecule has 2 rings (SSSR count). The molecule has 1 N–H and O–H groups in total. The first kappa shape index (κ1) is 10.4. The molecule has 0 spiro atoms. The van der Waals surface area contributed by atoms with Crippen LogP contribution in [-0.4, -0.2) is 10.3 Å². The molecule has 0 aromatic carbocycles. The van der Waals surface area contributed by atoms with Crippen LogP contribution in [0, 0.1) is 0 Å². The number of nitrogens with one attached hydrogen (secondary N) is 1. The molecular formula is C7H5ClIN3O. The van der Waals surface area contributed by atoms with Gasteiger partial charge in [0.15, 0.2) is 18.1 Å². The molecule has 0 aliphatic rings. The van der Waals surface area contributed by atoms with E-state index < -0.39 is 0 Å². The highest BCUT2D eigenvalue weighted by atomic mass is 127. The van der Waals surface area contributed by atoms with Gasteiger partial charge in [-0.05, 0) is 16.4 Å². The van der Waals surface area contributed by atoms with E-state index in [0.717, 1.165) is 5.56 Å². The van der Waals surface area contributed by atoms with Crippen molar-refractivity contribution in [3.63, 3.8) is 0 Å². The number of aromatic amines is 1. The minimum Gasteiger partial charge on any atom is -1.00 e. The summed E-state index contributed by atoms with van der Waals surface area (Å²) in [4.78, 5) is 2.91. The Bertz CT molecular complexity index is 378.